The Morgan fingerprint density at radius 2 is 2.20 bits per heavy atom. The van der Waals surface area contributed by atoms with Gasteiger partial charge in [-0.1, -0.05) is 11.6 Å². The lowest BCUT2D eigenvalue weighted by atomic mass is 10.2. The topological polar surface area (TPSA) is 116 Å². The van der Waals surface area contributed by atoms with E-state index in [1.165, 1.54) is 18.2 Å². The van der Waals surface area contributed by atoms with Crippen LogP contribution in [0.4, 0.5) is 0 Å². The third-order valence-electron chi connectivity index (χ3n) is 2.11. The molecule has 7 nitrogen and oxygen atoms in total. The van der Waals surface area contributed by atoms with Crippen molar-refractivity contribution >= 4 is 27.6 Å². The highest BCUT2D eigenvalue weighted by atomic mass is 35.5. The van der Waals surface area contributed by atoms with E-state index in [2.05, 4.69) is 4.72 Å². The van der Waals surface area contributed by atoms with Gasteiger partial charge in [0.1, 0.15) is 11.5 Å². The number of ether oxygens (including phenoxy) is 1. The summed E-state index contributed by atoms with van der Waals surface area (Å²) in [5, 5.41) is 16.9. The van der Waals surface area contributed by atoms with Gasteiger partial charge in [-0.15, -0.1) is 0 Å². The van der Waals surface area contributed by atoms with Gasteiger partial charge < -0.3 is 9.84 Å². The van der Waals surface area contributed by atoms with Crippen molar-refractivity contribution in [2.24, 2.45) is 0 Å². The molecule has 0 saturated heterocycles. The van der Waals surface area contributed by atoms with E-state index in [0.717, 1.165) is 0 Å². The number of rotatable bonds is 7. The van der Waals surface area contributed by atoms with Crippen molar-refractivity contribution in [2.45, 2.75) is 4.90 Å². The molecule has 0 atom stereocenters. The average Bonchev–Trinajstić information content (AvgIpc) is 2.37. The Hall–Kier alpha value is -1.66. The van der Waals surface area contributed by atoms with Gasteiger partial charge >= 0.3 is 5.97 Å². The molecule has 0 heterocycles. The number of halogens is 1. The second-order valence-corrected chi connectivity index (χ2v) is 5.74. The summed E-state index contributed by atoms with van der Waals surface area (Å²) in [5.74, 6) is -1.14. The van der Waals surface area contributed by atoms with Crippen molar-refractivity contribution in [1.29, 1.82) is 5.26 Å². The van der Waals surface area contributed by atoms with Gasteiger partial charge in [-0.05, 0) is 18.2 Å². The van der Waals surface area contributed by atoms with Gasteiger partial charge in [0.15, 0.2) is 0 Å². The molecule has 0 aliphatic carbocycles. The van der Waals surface area contributed by atoms with Gasteiger partial charge in [-0.25, -0.2) is 17.9 Å². The third-order valence-corrected chi connectivity index (χ3v) is 4.06. The number of carboxylic acid groups (broad SMARTS) is 1. The number of benzene rings is 1. The molecular formula is C11H11ClN2O5S. The van der Waals surface area contributed by atoms with Crippen molar-refractivity contribution in [1.82, 2.24) is 4.72 Å². The molecule has 1 rings (SSSR count). The number of nitrogens with zero attached hydrogens (tertiary/aromatic N) is 1. The van der Waals surface area contributed by atoms with Crippen molar-refractivity contribution in [3.8, 4) is 6.07 Å². The minimum atomic E-state index is -3.84. The van der Waals surface area contributed by atoms with E-state index >= 15 is 0 Å². The van der Waals surface area contributed by atoms with Crippen LogP contribution >= 0.6 is 11.6 Å². The van der Waals surface area contributed by atoms with Gasteiger partial charge in [0.2, 0.25) is 10.0 Å². The first-order chi connectivity index (χ1) is 9.36. The predicted molar refractivity (Wildman–Crippen MR) is 69.8 cm³/mol. The smallest absolute Gasteiger partial charge is 0.329 e. The second kappa shape index (κ2) is 7.21. The largest absolute Gasteiger partial charge is 0.480 e. The number of aliphatic carboxylic acids is 1. The Bertz CT molecular complexity index is 639. The molecule has 0 fully saturated rings. The number of hydrogen-bond acceptors (Lipinski definition) is 5. The van der Waals surface area contributed by atoms with Gasteiger partial charge in [0, 0.05) is 6.54 Å². The zero-order valence-corrected chi connectivity index (χ0v) is 11.7. The summed E-state index contributed by atoms with van der Waals surface area (Å²) in [4.78, 5) is 10.0. The van der Waals surface area contributed by atoms with Crippen molar-refractivity contribution in [3.63, 3.8) is 0 Å². The molecule has 0 bridgehead atoms. The highest BCUT2D eigenvalue weighted by Crippen LogP contribution is 2.22. The van der Waals surface area contributed by atoms with E-state index in [-0.39, 0.29) is 28.6 Å². The van der Waals surface area contributed by atoms with Crippen LogP contribution in [0.2, 0.25) is 5.02 Å². The van der Waals surface area contributed by atoms with Crippen molar-refractivity contribution < 1.29 is 23.1 Å². The fourth-order valence-electron chi connectivity index (χ4n) is 1.27. The Kier molecular flexibility index (Phi) is 5.91. The Morgan fingerprint density at radius 3 is 2.75 bits per heavy atom. The molecule has 0 aliphatic heterocycles. The summed E-state index contributed by atoms with van der Waals surface area (Å²) in [6.07, 6.45) is 0. The maximum absolute atomic E-state index is 11.9. The van der Waals surface area contributed by atoms with Crippen LogP contribution in [0.3, 0.4) is 0 Å². The second-order valence-electron chi connectivity index (χ2n) is 3.60. The normalized spacial score (nSPS) is 11.0. The fraction of sp³-hybridized carbons (Fsp3) is 0.273. The molecule has 108 valence electrons. The Balaban J connectivity index is 2.65. The number of carbonyl (C=O) groups is 1. The molecule has 0 radical (unpaired) electrons. The van der Waals surface area contributed by atoms with E-state index in [0.29, 0.717) is 0 Å². The minimum absolute atomic E-state index is 0.0667. The van der Waals surface area contributed by atoms with Crippen LogP contribution in [0.15, 0.2) is 23.1 Å². The first-order valence-electron chi connectivity index (χ1n) is 5.35. The summed E-state index contributed by atoms with van der Waals surface area (Å²) in [6, 6.07) is 5.65. The number of carboxylic acids is 1. The number of sulfonamides is 1. The third kappa shape index (κ3) is 4.79. The molecule has 0 saturated carbocycles. The lowest BCUT2D eigenvalue weighted by Gasteiger charge is -2.08. The van der Waals surface area contributed by atoms with Gasteiger partial charge in [-0.3, -0.25) is 0 Å². The molecule has 1 aromatic rings. The maximum Gasteiger partial charge on any atom is 0.329 e. The van der Waals surface area contributed by atoms with Crippen molar-refractivity contribution in [2.75, 3.05) is 19.8 Å². The van der Waals surface area contributed by atoms with Crippen LogP contribution in [-0.4, -0.2) is 39.3 Å². The van der Waals surface area contributed by atoms with Gasteiger partial charge in [0.25, 0.3) is 0 Å². The first kappa shape index (κ1) is 16.4. The molecule has 1 aromatic carbocycles. The summed E-state index contributed by atoms with van der Waals surface area (Å²) >= 11 is 5.80. The van der Waals surface area contributed by atoms with Crippen LogP contribution in [-0.2, 0) is 19.6 Å². The molecule has 0 aliphatic rings. The Labute approximate surface area is 120 Å². The van der Waals surface area contributed by atoms with E-state index in [9.17, 15) is 13.2 Å². The highest BCUT2D eigenvalue weighted by Gasteiger charge is 2.17. The molecule has 20 heavy (non-hydrogen) atoms. The molecule has 0 amide bonds. The quantitative estimate of drug-likeness (QED) is 0.711. The van der Waals surface area contributed by atoms with E-state index in [1.807, 2.05) is 6.07 Å². The molecule has 9 heteroatoms. The number of nitrogens with one attached hydrogen (secondary N) is 1. The lowest BCUT2D eigenvalue weighted by molar-refractivity contribution is -0.142. The molecule has 0 unspecified atom stereocenters. The molecule has 0 aromatic heterocycles. The zero-order chi connectivity index (χ0) is 15.2. The fourth-order valence-corrected chi connectivity index (χ4v) is 2.83. The molecule has 2 N–H and O–H groups in total. The summed E-state index contributed by atoms with van der Waals surface area (Å²) in [6.45, 7) is -0.676. The highest BCUT2D eigenvalue weighted by molar-refractivity contribution is 7.89. The van der Waals surface area contributed by atoms with E-state index in [4.69, 9.17) is 26.7 Å². The van der Waals surface area contributed by atoms with Crippen LogP contribution in [0.1, 0.15) is 5.56 Å². The molecular weight excluding hydrogens is 308 g/mol. The maximum atomic E-state index is 11.9. The Morgan fingerprint density at radius 1 is 1.50 bits per heavy atom. The summed E-state index contributed by atoms with van der Waals surface area (Å²) < 4.78 is 30.7. The van der Waals surface area contributed by atoms with Crippen LogP contribution in [0, 0.1) is 11.3 Å². The lowest BCUT2D eigenvalue weighted by Crippen LogP contribution is -2.28. The molecule has 0 spiro atoms. The first-order valence-corrected chi connectivity index (χ1v) is 7.22. The SMILES string of the molecule is N#Cc1ccc(S(=O)(=O)NCCOCC(=O)O)c(Cl)c1. The minimum Gasteiger partial charge on any atom is -0.480 e. The standard InChI is InChI=1S/C11H11ClN2O5S/c12-9-5-8(6-13)1-2-10(9)20(17,18)14-3-4-19-7-11(15)16/h1-2,5,14H,3-4,7H2,(H,15,16). The number of hydrogen-bond donors (Lipinski definition) is 2. The summed E-state index contributed by atoms with van der Waals surface area (Å²) in [7, 11) is -3.84. The number of nitriles is 1. The van der Waals surface area contributed by atoms with Gasteiger partial charge in [-0.2, -0.15) is 5.26 Å². The van der Waals surface area contributed by atoms with Crippen LogP contribution in [0.25, 0.3) is 0 Å². The van der Waals surface area contributed by atoms with Crippen LogP contribution in [0.5, 0.6) is 0 Å². The zero-order valence-electron chi connectivity index (χ0n) is 10.2. The predicted octanol–water partition coefficient (Wildman–Crippen LogP) is 0.591. The van der Waals surface area contributed by atoms with E-state index < -0.39 is 22.6 Å². The average molecular weight is 319 g/mol. The van der Waals surface area contributed by atoms with E-state index in [1.54, 1.807) is 0 Å². The van der Waals surface area contributed by atoms with Crippen molar-refractivity contribution in [3.05, 3.63) is 28.8 Å². The van der Waals surface area contributed by atoms with Gasteiger partial charge in [0.05, 0.1) is 23.3 Å². The summed E-state index contributed by atoms with van der Waals surface area (Å²) in [5.41, 5.74) is 0.249. The monoisotopic (exact) mass is 318 g/mol. The van der Waals surface area contributed by atoms with Crippen LogP contribution < -0.4 is 4.72 Å².